The van der Waals surface area contributed by atoms with E-state index < -0.39 is 0 Å². The van der Waals surface area contributed by atoms with Crippen molar-refractivity contribution in [2.45, 2.75) is 13.0 Å². The van der Waals surface area contributed by atoms with Gasteiger partial charge < -0.3 is 4.57 Å². The Labute approximate surface area is 122 Å². The van der Waals surface area contributed by atoms with Crippen molar-refractivity contribution in [3.8, 4) is 0 Å². The van der Waals surface area contributed by atoms with Crippen molar-refractivity contribution in [2.24, 2.45) is 0 Å². The summed E-state index contributed by atoms with van der Waals surface area (Å²) in [6.07, 6.45) is 0.950. The highest BCUT2D eigenvalue weighted by molar-refractivity contribution is 6.06. The molecule has 3 aromatic rings. The molecule has 2 aromatic carbocycles. The summed E-state index contributed by atoms with van der Waals surface area (Å²) in [5.41, 5.74) is 2.75. The zero-order valence-corrected chi connectivity index (χ0v) is 11.6. The molecule has 1 aromatic heterocycles. The summed E-state index contributed by atoms with van der Waals surface area (Å²) < 4.78 is 2.14. The predicted molar refractivity (Wildman–Crippen MR) is 82.5 cm³/mol. The number of hydrogen-bond donors (Lipinski definition) is 0. The molecule has 0 unspecified atom stereocenters. The second-order valence-corrected chi connectivity index (χ2v) is 5.23. The Balaban J connectivity index is 1.82. The molecule has 0 aliphatic carbocycles. The quantitative estimate of drug-likeness (QED) is 0.685. The summed E-state index contributed by atoms with van der Waals surface area (Å²) in [6.45, 7) is 1.63. The van der Waals surface area contributed by atoms with Gasteiger partial charge in [-0.15, -0.1) is 0 Å². The Morgan fingerprint density at radius 3 is 2.57 bits per heavy atom. The average Bonchev–Trinajstić information content (AvgIpc) is 2.94. The first kappa shape index (κ1) is 12.1. The van der Waals surface area contributed by atoms with E-state index in [-0.39, 0.29) is 5.91 Å². The summed E-state index contributed by atoms with van der Waals surface area (Å²) in [6, 6.07) is 17.4. The van der Waals surface area contributed by atoms with Gasteiger partial charge >= 0.3 is 0 Å². The zero-order valence-electron chi connectivity index (χ0n) is 11.6. The van der Waals surface area contributed by atoms with Crippen molar-refractivity contribution in [3.05, 3.63) is 60.2 Å². The Morgan fingerprint density at radius 2 is 1.71 bits per heavy atom. The number of amides is 1. The molecule has 1 aliphatic rings. The molecule has 4 nitrogen and oxygen atoms in total. The Kier molecular flexibility index (Phi) is 2.74. The third-order valence-corrected chi connectivity index (χ3v) is 3.91. The molecule has 1 amide bonds. The zero-order chi connectivity index (χ0) is 14.2. The molecule has 0 atom stereocenters. The van der Waals surface area contributed by atoms with Gasteiger partial charge in [0.2, 0.25) is 5.95 Å². The van der Waals surface area contributed by atoms with Gasteiger partial charge in [-0.2, -0.15) is 0 Å². The number of rotatable bonds is 1. The van der Waals surface area contributed by atoms with Gasteiger partial charge in [-0.05, 0) is 30.7 Å². The Bertz CT molecular complexity index is 807. The molecule has 0 bridgehead atoms. The van der Waals surface area contributed by atoms with E-state index in [0.717, 1.165) is 36.5 Å². The summed E-state index contributed by atoms with van der Waals surface area (Å²) in [7, 11) is 0. The number of fused-ring (bicyclic) bond motifs is 3. The second-order valence-electron chi connectivity index (χ2n) is 5.23. The summed E-state index contributed by atoms with van der Waals surface area (Å²) >= 11 is 0. The van der Waals surface area contributed by atoms with Crippen molar-refractivity contribution < 1.29 is 4.79 Å². The first-order valence-electron chi connectivity index (χ1n) is 7.17. The fraction of sp³-hybridized carbons (Fsp3) is 0.176. The average molecular weight is 277 g/mol. The van der Waals surface area contributed by atoms with Gasteiger partial charge in [-0.1, -0.05) is 30.3 Å². The number of aryl methyl sites for hydroxylation is 1. The monoisotopic (exact) mass is 277 g/mol. The minimum absolute atomic E-state index is 0.0202. The van der Waals surface area contributed by atoms with Crippen molar-refractivity contribution in [2.75, 3.05) is 11.4 Å². The highest BCUT2D eigenvalue weighted by Gasteiger charge is 2.26. The van der Waals surface area contributed by atoms with Crippen molar-refractivity contribution in [1.29, 1.82) is 0 Å². The van der Waals surface area contributed by atoms with E-state index in [4.69, 9.17) is 0 Å². The van der Waals surface area contributed by atoms with Crippen LogP contribution in [0.5, 0.6) is 0 Å². The van der Waals surface area contributed by atoms with Crippen LogP contribution in [0.3, 0.4) is 0 Å². The van der Waals surface area contributed by atoms with Crippen LogP contribution in [0.4, 0.5) is 5.95 Å². The molecule has 104 valence electrons. The smallest absolute Gasteiger partial charge is 0.260 e. The molecule has 0 saturated heterocycles. The van der Waals surface area contributed by atoms with Crippen molar-refractivity contribution in [3.63, 3.8) is 0 Å². The number of benzene rings is 2. The predicted octanol–water partition coefficient (Wildman–Crippen LogP) is 3.09. The highest BCUT2D eigenvalue weighted by atomic mass is 16.2. The molecule has 0 radical (unpaired) electrons. The molecule has 0 saturated carbocycles. The first-order chi connectivity index (χ1) is 10.3. The fourth-order valence-corrected chi connectivity index (χ4v) is 2.91. The number of aromatic nitrogens is 2. The van der Waals surface area contributed by atoms with Gasteiger partial charge in [0.25, 0.3) is 5.91 Å². The van der Waals surface area contributed by atoms with Crippen LogP contribution in [0.15, 0.2) is 54.6 Å². The number of para-hydroxylation sites is 2. The lowest BCUT2D eigenvalue weighted by atomic mass is 10.2. The van der Waals surface area contributed by atoms with Crippen LogP contribution in [-0.2, 0) is 6.54 Å². The molecule has 0 N–H and O–H groups in total. The molecule has 4 heteroatoms. The molecule has 1 aliphatic heterocycles. The summed E-state index contributed by atoms with van der Waals surface area (Å²) in [4.78, 5) is 19.2. The Morgan fingerprint density at radius 1 is 0.952 bits per heavy atom. The Hall–Kier alpha value is -2.62. The fourth-order valence-electron chi connectivity index (χ4n) is 2.91. The van der Waals surface area contributed by atoms with Crippen LogP contribution in [0.1, 0.15) is 16.8 Å². The third-order valence-electron chi connectivity index (χ3n) is 3.91. The number of hydrogen-bond acceptors (Lipinski definition) is 2. The second kappa shape index (κ2) is 4.74. The van der Waals surface area contributed by atoms with E-state index in [1.54, 1.807) is 4.90 Å². The summed E-state index contributed by atoms with van der Waals surface area (Å²) in [5, 5.41) is 0. The molecular formula is C17H15N3O. The normalized spacial score (nSPS) is 14.2. The largest absolute Gasteiger partial charge is 0.310 e. The molecular weight excluding hydrogens is 262 g/mol. The minimum Gasteiger partial charge on any atom is -0.310 e. The number of imidazole rings is 1. The van der Waals surface area contributed by atoms with E-state index >= 15 is 0 Å². The minimum atomic E-state index is 0.0202. The van der Waals surface area contributed by atoms with E-state index in [1.165, 1.54) is 0 Å². The maximum Gasteiger partial charge on any atom is 0.260 e. The molecule has 0 spiro atoms. The van der Waals surface area contributed by atoms with Crippen LogP contribution in [0.25, 0.3) is 11.0 Å². The lowest BCUT2D eigenvalue weighted by Crippen LogP contribution is -2.37. The lowest BCUT2D eigenvalue weighted by Gasteiger charge is -2.27. The van der Waals surface area contributed by atoms with Crippen LogP contribution in [0, 0.1) is 0 Å². The molecule has 21 heavy (non-hydrogen) atoms. The highest BCUT2D eigenvalue weighted by Crippen LogP contribution is 2.27. The van der Waals surface area contributed by atoms with Gasteiger partial charge in [0.05, 0.1) is 11.0 Å². The van der Waals surface area contributed by atoms with Gasteiger partial charge in [0.15, 0.2) is 0 Å². The SMILES string of the molecule is O=C(c1ccccc1)N1CCCn2c1nc1ccccc12. The van der Waals surface area contributed by atoms with Gasteiger partial charge in [0.1, 0.15) is 0 Å². The maximum atomic E-state index is 12.7. The van der Waals surface area contributed by atoms with E-state index in [0.29, 0.717) is 5.56 Å². The third kappa shape index (κ3) is 1.91. The van der Waals surface area contributed by atoms with Crippen molar-refractivity contribution in [1.82, 2.24) is 9.55 Å². The number of anilines is 1. The van der Waals surface area contributed by atoms with Crippen LogP contribution in [0.2, 0.25) is 0 Å². The first-order valence-corrected chi connectivity index (χ1v) is 7.17. The topological polar surface area (TPSA) is 38.1 Å². The molecule has 0 fully saturated rings. The number of carbonyl (C=O) groups excluding carboxylic acids is 1. The van der Waals surface area contributed by atoms with E-state index in [9.17, 15) is 4.79 Å². The van der Waals surface area contributed by atoms with E-state index in [1.807, 2.05) is 48.5 Å². The number of nitrogens with zero attached hydrogens (tertiary/aromatic N) is 3. The van der Waals surface area contributed by atoms with Gasteiger partial charge in [0, 0.05) is 18.7 Å². The molecule has 4 rings (SSSR count). The van der Waals surface area contributed by atoms with Crippen LogP contribution in [-0.4, -0.2) is 22.0 Å². The standard InChI is InChI=1S/C17H15N3O/c21-16(13-7-2-1-3-8-13)20-12-6-11-19-15-10-5-4-9-14(15)18-17(19)20/h1-5,7-10H,6,11-12H2. The van der Waals surface area contributed by atoms with Gasteiger partial charge in [-0.25, -0.2) is 4.98 Å². The maximum absolute atomic E-state index is 12.7. The number of carbonyl (C=O) groups is 1. The van der Waals surface area contributed by atoms with Crippen molar-refractivity contribution >= 4 is 22.9 Å². The van der Waals surface area contributed by atoms with Gasteiger partial charge in [-0.3, -0.25) is 9.69 Å². The van der Waals surface area contributed by atoms with E-state index in [2.05, 4.69) is 15.6 Å². The summed E-state index contributed by atoms with van der Waals surface area (Å²) in [5.74, 6) is 0.781. The van der Waals surface area contributed by atoms with Crippen LogP contribution >= 0.6 is 0 Å². The lowest BCUT2D eigenvalue weighted by molar-refractivity contribution is 0.0981. The van der Waals surface area contributed by atoms with Crippen LogP contribution < -0.4 is 4.90 Å². The molecule has 2 heterocycles.